The fraction of sp³-hybridized carbons (Fsp3) is 0.333. The van der Waals surface area contributed by atoms with Gasteiger partial charge in [-0.3, -0.25) is 0 Å². The van der Waals surface area contributed by atoms with E-state index in [1.165, 1.54) is 11.1 Å². The van der Waals surface area contributed by atoms with E-state index in [9.17, 15) is 0 Å². The molecule has 0 N–H and O–H groups in total. The van der Waals surface area contributed by atoms with Crippen LogP contribution in [0.1, 0.15) is 37.6 Å². The van der Waals surface area contributed by atoms with Crippen LogP contribution in [0.5, 0.6) is 0 Å². The van der Waals surface area contributed by atoms with Gasteiger partial charge in [-0.25, -0.2) is 9.55 Å². The van der Waals surface area contributed by atoms with E-state index >= 15 is 0 Å². The minimum atomic E-state index is 0.198. The van der Waals surface area contributed by atoms with Gasteiger partial charge in [0.25, 0.3) is 0 Å². The van der Waals surface area contributed by atoms with Crippen LogP contribution >= 0.6 is 0 Å². The Morgan fingerprint density at radius 1 is 1.00 bits per heavy atom. The first kappa shape index (κ1) is 17.7. The van der Waals surface area contributed by atoms with Gasteiger partial charge in [0, 0.05) is 28.6 Å². The molecule has 1 aromatic carbocycles. The van der Waals surface area contributed by atoms with Crippen LogP contribution in [0.15, 0.2) is 47.0 Å². The summed E-state index contributed by atoms with van der Waals surface area (Å²) in [4.78, 5) is 4.83. The second-order valence-corrected chi connectivity index (χ2v) is 8.83. The maximum atomic E-state index is 6.34. The first-order valence-corrected chi connectivity index (χ1v) is 9.51. The highest BCUT2D eigenvalue weighted by Crippen LogP contribution is 2.36. The SMILES string of the molecule is Cc1cc[n+](C)c(-c2c(C)ccc3c2oc2nc(CC(C)(C)C)ccc23)c1. The van der Waals surface area contributed by atoms with E-state index in [0.717, 1.165) is 45.4 Å². The summed E-state index contributed by atoms with van der Waals surface area (Å²) in [6, 6.07) is 13.0. The number of hydrogen-bond acceptors (Lipinski definition) is 2. The first-order chi connectivity index (χ1) is 12.7. The highest BCUT2D eigenvalue weighted by Gasteiger charge is 2.21. The van der Waals surface area contributed by atoms with Crippen molar-refractivity contribution in [2.45, 2.75) is 41.0 Å². The molecule has 0 unspecified atom stereocenters. The Hall–Kier alpha value is -2.68. The zero-order valence-electron chi connectivity index (χ0n) is 17.1. The Morgan fingerprint density at radius 2 is 1.74 bits per heavy atom. The van der Waals surface area contributed by atoms with Crippen molar-refractivity contribution in [3.63, 3.8) is 0 Å². The molecule has 3 nitrogen and oxygen atoms in total. The molecule has 0 saturated carbocycles. The zero-order valence-corrected chi connectivity index (χ0v) is 17.1. The Labute approximate surface area is 160 Å². The second kappa shape index (κ2) is 6.19. The molecule has 0 saturated heterocycles. The van der Waals surface area contributed by atoms with Gasteiger partial charge in [-0.15, -0.1) is 0 Å². The number of furan rings is 1. The predicted octanol–water partition coefficient (Wildman–Crippen LogP) is 5.68. The number of hydrogen-bond donors (Lipinski definition) is 0. The van der Waals surface area contributed by atoms with Crippen molar-refractivity contribution < 1.29 is 8.98 Å². The molecule has 4 rings (SSSR count). The lowest BCUT2D eigenvalue weighted by Crippen LogP contribution is -2.30. The van der Waals surface area contributed by atoms with Gasteiger partial charge < -0.3 is 4.42 Å². The summed E-state index contributed by atoms with van der Waals surface area (Å²) in [7, 11) is 2.08. The molecule has 3 aromatic heterocycles. The number of fused-ring (bicyclic) bond motifs is 3. The molecule has 27 heavy (non-hydrogen) atoms. The summed E-state index contributed by atoms with van der Waals surface area (Å²) in [5.74, 6) is 0. The monoisotopic (exact) mass is 359 g/mol. The number of aromatic nitrogens is 2. The van der Waals surface area contributed by atoms with Gasteiger partial charge in [0.1, 0.15) is 7.05 Å². The van der Waals surface area contributed by atoms with Crippen molar-refractivity contribution in [2.75, 3.05) is 0 Å². The Morgan fingerprint density at radius 3 is 2.48 bits per heavy atom. The van der Waals surface area contributed by atoms with Crippen molar-refractivity contribution in [3.8, 4) is 11.3 Å². The molecule has 0 aliphatic heterocycles. The fourth-order valence-electron chi connectivity index (χ4n) is 3.74. The quantitative estimate of drug-likeness (QED) is 0.431. The summed E-state index contributed by atoms with van der Waals surface area (Å²) in [5, 5.41) is 2.21. The van der Waals surface area contributed by atoms with Gasteiger partial charge in [0.05, 0.1) is 5.56 Å². The molecule has 0 spiro atoms. The van der Waals surface area contributed by atoms with Gasteiger partial charge in [-0.1, -0.05) is 32.9 Å². The van der Waals surface area contributed by atoms with Gasteiger partial charge in [-0.05, 0) is 48.9 Å². The van der Waals surface area contributed by atoms with E-state index in [1.54, 1.807) is 0 Å². The summed E-state index contributed by atoms with van der Waals surface area (Å²) < 4.78 is 8.50. The molecule has 0 atom stereocenters. The molecule has 4 aromatic rings. The molecule has 3 heteroatoms. The van der Waals surface area contributed by atoms with Gasteiger partial charge in [-0.2, -0.15) is 0 Å². The van der Waals surface area contributed by atoms with E-state index < -0.39 is 0 Å². The lowest BCUT2D eigenvalue weighted by atomic mass is 9.90. The number of rotatable bonds is 2. The van der Waals surface area contributed by atoms with Crippen LogP contribution in [0, 0.1) is 19.3 Å². The average molecular weight is 359 g/mol. The maximum Gasteiger partial charge on any atom is 0.227 e. The van der Waals surface area contributed by atoms with Crippen LogP contribution in [0.2, 0.25) is 0 Å². The van der Waals surface area contributed by atoms with Gasteiger partial charge >= 0.3 is 0 Å². The van der Waals surface area contributed by atoms with Crippen molar-refractivity contribution in [1.82, 2.24) is 4.98 Å². The van der Waals surface area contributed by atoms with Crippen LogP contribution in [-0.4, -0.2) is 4.98 Å². The molecule has 138 valence electrons. The van der Waals surface area contributed by atoms with E-state index in [-0.39, 0.29) is 5.41 Å². The lowest BCUT2D eigenvalue weighted by molar-refractivity contribution is -0.660. The van der Waals surface area contributed by atoms with Crippen LogP contribution in [0.4, 0.5) is 0 Å². The lowest BCUT2D eigenvalue weighted by Gasteiger charge is -2.16. The average Bonchev–Trinajstić information content (AvgIpc) is 2.93. The van der Waals surface area contributed by atoms with Crippen LogP contribution < -0.4 is 4.57 Å². The molecule has 3 heterocycles. The third-order valence-electron chi connectivity index (χ3n) is 5.05. The molecule has 0 amide bonds. The molecular weight excluding hydrogens is 332 g/mol. The summed E-state index contributed by atoms with van der Waals surface area (Å²) in [6.45, 7) is 11.0. The number of benzene rings is 1. The third-order valence-corrected chi connectivity index (χ3v) is 5.05. The van der Waals surface area contributed by atoms with Crippen LogP contribution in [-0.2, 0) is 13.5 Å². The largest absolute Gasteiger partial charge is 0.437 e. The van der Waals surface area contributed by atoms with Gasteiger partial charge in [0.2, 0.25) is 11.4 Å². The Balaban J connectivity index is 1.98. The fourth-order valence-corrected chi connectivity index (χ4v) is 3.74. The molecule has 0 bridgehead atoms. The standard InChI is InChI=1S/C24H27N2O/c1-15-11-12-26(6)20(13-15)21-16(2)7-9-18-19-10-8-17(14-24(3,4)5)25-23(19)27-22(18)21/h7-13H,14H2,1-6H3/q+1. The van der Waals surface area contributed by atoms with Crippen LogP contribution in [0.3, 0.4) is 0 Å². The number of pyridine rings is 2. The minimum Gasteiger partial charge on any atom is -0.437 e. The van der Waals surface area contributed by atoms with Crippen LogP contribution in [0.25, 0.3) is 33.3 Å². The number of aryl methyl sites for hydroxylation is 3. The molecule has 0 radical (unpaired) electrons. The normalized spacial score (nSPS) is 12.2. The zero-order chi connectivity index (χ0) is 19.3. The Bertz CT molecular complexity index is 1160. The molecule has 0 aliphatic rings. The third kappa shape index (κ3) is 3.23. The maximum absolute atomic E-state index is 6.34. The smallest absolute Gasteiger partial charge is 0.227 e. The van der Waals surface area contributed by atoms with Crippen molar-refractivity contribution in [3.05, 3.63) is 59.4 Å². The van der Waals surface area contributed by atoms with E-state index in [1.807, 2.05) is 0 Å². The topological polar surface area (TPSA) is 29.9 Å². The van der Waals surface area contributed by atoms with E-state index in [4.69, 9.17) is 9.40 Å². The van der Waals surface area contributed by atoms with Crippen molar-refractivity contribution in [1.29, 1.82) is 0 Å². The van der Waals surface area contributed by atoms with E-state index in [0.29, 0.717) is 0 Å². The second-order valence-electron chi connectivity index (χ2n) is 8.83. The highest BCUT2D eigenvalue weighted by molar-refractivity contribution is 6.08. The highest BCUT2D eigenvalue weighted by atomic mass is 16.3. The Kier molecular flexibility index (Phi) is 4.06. The van der Waals surface area contributed by atoms with Gasteiger partial charge in [0.15, 0.2) is 11.8 Å². The van der Waals surface area contributed by atoms with Crippen molar-refractivity contribution >= 4 is 22.1 Å². The summed E-state index contributed by atoms with van der Waals surface area (Å²) in [5.41, 5.74) is 7.68. The molecule has 0 aliphatic carbocycles. The van der Waals surface area contributed by atoms with E-state index in [2.05, 4.69) is 88.8 Å². The molecule has 0 fully saturated rings. The first-order valence-electron chi connectivity index (χ1n) is 9.51. The summed E-state index contributed by atoms with van der Waals surface area (Å²) >= 11 is 0. The summed E-state index contributed by atoms with van der Waals surface area (Å²) in [6.07, 6.45) is 3.03. The predicted molar refractivity (Wildman–Crippen MR) is 111 cm³/mol. The number of nitrogens with zero attached hydrogens (tertiary/aromatic N) is 2. The molecular formula is C24H27N2O+. The minimum absolute atomic E-state index is 0.198. The van der Waals surface area contributed by atoms with Crippen molar-refractivity contribution in [2.24, 2.45) is 12.5 Å².